The van der Waals surface area contributed by atoms with Crippen molar-refractivity contribution in [1.82, 2.24) is 4.90 Å². The fraction of sp³-hybridized carbons (Fsp3) is 0.500. The van der Waals surface area contributed by atoms with Gasteiger partial charge in [0.25, 0.3) is 5.91 Å². The largest absolute Gasteiger partial charge is 0.368 e. The number of carbonyl (C=O) groups excluding carboxylic acids is 2. The van der Waals surface area contributed by atoms with Gasteiger partial charge in [0.15, 0.2) is 9.84 Å². The van der Waals surface area contributed by atoms with Gasteiger partial charge >= 0.3 is 0 Å². The Morgan fingerprint density at radius 3 is 2.39 bits per heavy atom. The zero-order valence-electron chi connectivity index (χ0n) is 13.4. The number of primary amides is 1. The molecule has 2 amide bonds. The van der Waals surface area contributed by atoms with Crippen LogP contribution in [0, 0.1) is 6.92 Å². The van der Waals surface area contributed by atoms with Gasteiger partial charge in [-0.05, 0) is 37.5 Å². The third-order valence-corrected chi connectivity index (χ3v) is 5.33. The van der Waals surface area contributed by atoms with Crippen molar-refractivity contribution >= 4 is 21.7 Å². The molecule has 1 aromatic rings. The zero-order valence-corrected chi connectivity index (χ0v) is 14.2. The van der Waals surface area contributed by atoms with Crippen LogP contribution < -0.4 is 5.73 Å². The van der Waals surface area contributed by atoms with Gasteiger partial charge in [0.1, 0.15) is 0 Å². The number of hydrogen-bond donors (Lipinski definition) is 1. The van der Waals surface area contributed by atoms with Gasteiger partial charge < -0.3 is 10.6 Å². The van der Waals surface area contributed by atoms with E-state index >= 15 is 0 Å². The van der Waals surface area contributed by atoms with Gasteiger partial charge in [-0.2, -0.15) is 0 Å². The quantitative estimate of drug-likeness (QED) is 0.874. The SMILES string of the molecule is Cc1ccc(S(C)(=O)=O)cc1C(=O)N(CC(N)=O)C1CCCC1. The third kappa shape index (κ3) is 4.10. The fourth-order valence-electron chi connectivity index (χ4n) is 2.97. The maximum atomic E-state index is 12.9. The molecule has 0 radical (unpaired) electrons. The van der Waals surface area contributed by atoms with Crippen molar-refractivity contribution in [2.45, 2.75) is 43.5 Å². The first-order valence-corrected chi connectivity index (χ1v) is 9.49. The highest BCUT2D eigenvalue weighted by molar-refractivity contribution is 7.90. The third-order valence-electron chi connectivity index (χ3n) is 4.22. The van der Waals surface area contributed by atoms with Crippen LogP contribution in [0.1, 0.15) is 41.6 Å². The lowest BCUT2D eigenvalue weighted by atomic mass is 10.1. The average Bonchev–Trinajstić information content (AvgIpc) is 2.97. The van der Waals surface area contributed by atoms with Crippen LogP contribution in [0.3, 0.4) is 0 Å². The molecule has 0 aliphatic heterocycles. The van der Waals surface area contributed by atoms with Gasteiger partial charge in [0.2, 0.25) is 5.91 Å². The van der Waals surface area contributed by atoms with E-state index in [1.165, 1.54) is 17.0 Å². The van der Waals surface area contributed by atoms with Gasteiger partial charge in [-0.3, -0.25) is 9.59 Å². The number of nitrogens with zero attached hydrogens (tertiary/aromatic N) is 1. The van der Waals surface area contributed by atoms with Crippen LogP contribution in [0.5, 0.6) is 0 Å². The van der Waals surface area contributed by atoms with Gasteiger partial charge in [-0.1, -0.05) is 18.9 Å². The van der Waals surface area contributed by atoms with Crippen LogP contribution in [0.2, 0.25) is 0 Å². The van der Waals surface area contributed by atoms with Crippen molar-refractivity contribution in [1.29, 1.82) is 0 Å². The first-order valence-electron chi connectivity index (χ1n) is 7.60. The maximum Gasteiger partial charge on any atom is 0.254 e. The predicted octanol–water partition coefficient (Wildman–Crippen LogP) is 1.27. The molecule has 0 aromatic heterocycles. The highest BCUT2D eigenvalue weighted by Crippen LogP contribution is 2.26. The molecule has 0 bridgehead atoms. The van der Waals surface area contributed by atoms with Gasteiger partial charge in [0, 0.05) is 17.9 Å². The predicted molar refractivity (Wildman–Crippen MR) is 86.8 cm³/mol. The van der Waals surface area contributed by atoms with Crippen LogP contribution in [0.15, 0.2) is 23.1 Å². The molecule has 0 atom stereocenters. The standard InChI is InChI=1S/C16H22N2O4S/c1-11-7-8-13(23(2,21)22)9-14(11)16(20)18(10-15(17)19)12-5-3-4-6-12/h7-9,12H,3-6,10H2,1-2H3,(H2,17,19). The summed E-state index contributed by atoms with van der Waals surface area (Å²) in [6.45, 7) is 1.60. The topological polar surface area (TPSA) is 97.5 Å². The molecule has 6 nitrogen and oxygen atoms in total. The van der Waals surface area contributed by atoms with E-state index < -0.39 is 15.7 Å². The Balaban J connectivity index is 2.41. The second-order valence-corrected chi connectivity index (χ2v) is 8.10. The molecule has 1 fully saturated rings. The number of nitrogens with two attached hydrogens (primary N) is 1. The highest BCUT2D eigenvalue weighted by atomic mass is 32.2. The van der Waals surface area contributed by atoms with E-state index in [-0.39, 0.29) is 23.4 Å². The number of aryl methyl sites for hydroxylation is 1. The number of rotatable bonds is 5. The summed E-state index contributed by atoms with van der Waals surface area (Å²) in [5, 5.41) is 0. The molecule has 1 aromatic carbocycles. The lowest BCUT2D eigenvalue weighted by Gasteiger charge is -2.28. The fourth-order valence-corrected chi connectivity index (χ4v) is 3.61. The Hall–Kier alpha value is -1.89. The summed E-state index contributed by atoms with van der Waals surface area (Å²) in [5.41, 5.74) is 6.27. The molecule has 1 aliphatic rings. The maximum absolute atomic E-state index is 12.9. The normalized spacial score (nSPS) is 15.6. The second-order valence-electron chi connectivity index (χ2n) is 6.09. The zero-order chi connectivity index (χ0) is 17.2. The van der Waals surface area contributed by atoms with E-state index in [1.807, 2.05) is 0 Å². The number of amides is 2. The van der Waals surface area contributed by atoms with Crippen molar-refractivity contribution in [2.24, 2.45) is 5.73 Å². The first kappa shape index (κ1) is 17.5. The van der Waals surface area contributed by atoms with Gasteiger partial charge in [-0.15, -0.1) is 0 Å². The Labute approximate surface area is 136 Å². The minimum absolute atomic E-state index is 0.0173. The van der Waals surface area contributed by atoms with Crippen LogP contribution in [0.25, 0.3) is 0 Å². The first-order chi connectivity index (χ1) is 10.7. The Bertz CT molecular complexity index is 722. The Morgan fingerprint density at radius 1 is 1.26 bits per heavy atom. The number of sulfone groups is 1. The summed E-state index contributed by atoms with van der Waals surface area (Å²) < 4.78 is 23.4. The summed E-state index contributed by atoms with van der Waals surface area (Å²) in [7, 11) is -3.41. The van der Waals surface area contributed by atoms with Crippen molar-refractivity contribution in [3.63, 3.8) is 0 Å². The summed E-state index contributed by atoms with van der Waals surface area (Å²) in [6, 6.07) is 4.46. The van der Waals surface area contributed by atoms with Crippen molar-refractivity contribution < 1.29 is 18.0 Å². The molecular weight excluding hydrogens is 316 g/mol. The van der Waals surface area contributed by atoms with Crippen LogP contribution >= 0.6 is 0 Å². The minimum Gasteiger partial charge on any atom is -0.368 e. The minimum atomic E-state index is -3.41. The Morgan fingerprint density at radius 2 is 1.87 bits per heavy atom. The molecule has 1 saturated carbocycles. The summed E-state index contributed by atoms with van der Waals surface area (Å²) in [4.78, 5) is 25.8. The summed E-state index contributed by atoms with van der Waals surface area (Å²) >= 11 is 0. The van der Waals surface area contributed by atoms with Crippen LogP contribution in [-0.4, -0.2) is 44.0 Å². The van der Waals surface area contributed by atoms with E-state index in [9.17, 15) is 18.0 Å². The molecule has 126 valence electrons. The van der Waals surface area contributed by atoms with E-state index in [2.05, 4.69) is 0 Å². The average molecular weight is 338 g/mol. The van der Waals surface area contributed by atoms with E-state index in [1.54, 1.807) is 13.0 Å². The number of benzene rings is 1. The smallest absolute Gasteiger partial charge is 0.254 e. The Kier molecular flexibility index (Phi) is 5.09. The summed E-state index contributed by atoms with van der Waals surface area (Å²) in [6.07, 6.45) is 4.79. The molecule has 0 unspecified atom stereocenters. The molecule has 7 heteroatoms. The molecule has 2 rings (SSSR count). The second kappa shape index (κ2) is 6.70. The molecule has 2 N–H and O–H groups in total. The molecule has 23 heavy (non-hydrogen) atoms. The van der Waals surface area contributed by atoms with E-state index in [4.69, 9.17) is 5.73 Å². The molecule has 1 aliphatic carbocycles. The van der Waals surface area contributed by atoms with Crippen molar-refractivity contribution in [2.75, 3.05) is 12.8 Å². The van der Waals surface area contributed by atoms with Gasteiger partial charge in [-0.25, -0.2) is 8.42 Å². The molecule has 0 spiro atoms. The van der Waals surface area contributed by atoms with E-state index in [0.29, 0.717) is 11.1 Å². The van der Waals surface area contributed by atoms with Crippen LogP contribution in [-0.2, 0) is 14.6 Å². The van der Waals surface area contributed by atoms with Crippen molar-refractivity contribution in [3.8, 4) is 0 Å². The summed E-state index contributed by atoms with van der Waals surface area (Å²) in [5.74, 6) is -0.902. The molecule has 0 saturated heterocycles. The molecular formula is C16H22N2O4S. The lowest BCUT2D eigenvalue weighted by molar-refractivity contribution is -0.119. The number of hydrogen-bond acceptors (Lipinski definition) is 4. The molecule has 0 heterocycles. The van der Waals surface area contributed by atoms with E-state index in [0.717, 1.165) is 31.9 Å². The van der Waals surface area contributed by atoms with Gasteiger partial charge in [0.05, 0.1) is 11.4 Å². The van der Waals surface area contributed by atoms with Crippen molar-refractivity contribution in [3.05, 3.63) is 29.3 Å². The number of carbonyl (C=O) groups is 2. The highest BCUT2D eigenvalue weighted by Gasteiger charge is 2.29. The lowest BCUT2D eigenvalue weighted by Crippen LogP contribution is -2.44. The monoisotopic (exact) mass is 338 g/mol. The van der Waals surface area contributed by atoms with Crippen LogP contribution in [0.4, 0.5) is 0 Å².